The molecular weight excluding hydrogens is 282 g/mol. The number of nitrogens with one attached hydrogen (secondary N) is 1. The van der Waals surface area contributed by atoms with Crippen molar-refractivity contribution < 1.29 is 8.42 Å². The third-order valence-electron chi connectivity index (χ3n) is 5.50. The van der Waals surface area contributed by atoms with Crippen LogP contribution < -0.4 is 5.32 Å². The lowest BCUT2D eigenvalue weighted by molar-refractivity contribution is 0.138. The Morgan fingerprint density at radius 2 is 1.90 bits per heavy atom. The first-order valence-corrected chi connectivity index (χ1v) is 10.4. The zero-order valence-corrected chi connectivity index (χ0v) is 15.1. The third-order valence-corrected chi connectivity index (χ3v) is 7.36. The summed E-state index contributed by atoms with van der Waals surface area (Å²) >= 11 is 0. The van der Waals surface area contributed by atoms with E-state index in [1.54, 1.807) is 0 Å². The molecule has 124 valence electrons. The van der Waals surface area contributed by atoms with Crippen molar-refractivity contribution in [2.45, 2.75) is 71.8 Å². The summed E-state index contributed by atoms with van der Waals surface area (Å²) in [5.74, 6) is 2.33. The third kappa shape index (κ3) is 4.44. The first kappa shape index (κ1) is 17.3. The summed E-state index contributed by atoms with van der Waals surface area (Å²) < 4.78 is 24.2. The lowest BCUT2D eigenvalue weighted by Crippen LogP contribution is -2.46. The Morgan fingerprint density at radius 1 is 1.19 bits per heavy atom. The molecule has 3 atom stereocenters. The van der Waals surface area contributed by atoms with Gasteiger partial charge in [0.25, 0.3) is 0 Å². The van der Waals surface area contributed by atoms with Gasteiger partial charge in [0.15, 0.2) is 0 Å². The van der Waals surface area contributed by atoms with E-state index in [0.717, 1.165) is 31.2 Å². The van der Waals surface area contributed by atoms with Crippen molar-refractivity contribution in [2.24, 2.45) is 17.3 Å². The number of hydrogen-bond acceptors (Lipinski definition) is 3. The van der Waals surface area contributed by atoms with Gasteiger partial charge < -0.3 is 5.32 Å². The molecule has 4 heteroatoms. The minimum atomic E-state index is -2.86. The number of sulfone groups is 1. The lowest BCUT2D eigenvalue weighted by Gasteiger charge is -2.40. The number of rotatable bonds is 7. The van der Waals surface area contributed by atoms with Gasteiger partial charge in [0.1, 0.15) is 9.84 Å². The minimum absolute atomic E-state index is 0.108. The Hall–Kier alpha value is -0.0900. The fourth-order valence-corrected chi connectivity index (χ4v) is 5.93. The van der Waals surface area contributed by atoms with Crippen LogP contribution in [-0.2, 0) is 9.84 Å². The van der Waals surface area contributed by atoms with E-state index >= 15 is 0 Å². The van der Waals surface area contributed by atoms with E-state index in [9.17, 15) is 8.42 Å². The van der Waals surface area contributed by atoms with Crippen LogP contribution in [0.1, 0.15) is 66.2 Å². The SMILES string of the molecule is CCCS(=O)(=O)CCC1(CNC(C)(C)C)CC2CCC1C2. The molecule has 2 rings (SSSR count). The number of fused-ring (bicyclic) bond motifs is 2. The molecule has 0 aromatic heterocycles. The molecule has 0 saturated heterocycles. The van der Waals surface area contributed by atoms with Crippen LogP contribution in [0.15, 0.2) is 0 Å². The summed E-state index contributed by atoms with van der Waals surface area (Å²) in [6.45, 7) is 9.52. The van der Waals surface area contributed by atoms with Gasteiger partial charge in [-0.15, -0.1) is 0 Å². The molecule has 0 aromatic carbocycles. The van der Waals surface area contributed by atoms with E-state index in [1.165, 1.54) is 25.7 Å². The maximum atomic E-state index is 12.1. The van der Waals surface area contributed by atoms with Crippen molar-refractivity contribution in [3.05, 3.63) is 0 Å². The molecule has 0 aliphatic heterocycles. The zero-order valence-electron chi connectivity index (χ0n) is 14.2. The van der Waals surface area contributed by atoms with Crippen molar-refractivity contribution in [1.29, 1.82) is 0 Å². The van der Waals surface area contributed by atoms with Crippen molar-refractivity contribution >= 4 is 9.84 Å². The molecule has 0 aromatic rings. The molecule has 21 heavy (non-hydrogen) atoms. The predicted molar refractivity (Wildman–Crippen MR) is 89.2 cm³/mol. The summed E-state index contributed by atoms with van der Waals surface area (Å²) in [6, 6.07) is 0. The van der Waals surface area contributed by atoms with E-state index in [-0.39, 0.29) is 11.0 Å². The molecule has 3 nitrogen and oxygen atoms in total. The van der Waals surface area contributed by atoms with Crippen LogP contribution in [0.4, 0.5) is 0 Å². The van der Waals surface area contributed by atoms with Crippen LogP contribution in [0.25, 0.3) is 0 Å². The summed E-state index contributed by atoms with van der Waals surface area (Å²) in [6.07, 6.45) is 6.84. The van der Waals surface area contributed by atoms with Crippen LogP contribution in [0.2, 0.25) is 0 Å². The van der Waals surface area contributed by atoms with Gasteiger partial charge in [-0.2, -0.15) is 0 Å². The van der Waals surface area contributed by atoms with Crippen molar-refractivity contribution in [3.63, 3.8) is 0 Å². The molecule has 0 radical (unpaired) electrons. The molecule has 0 spiro atoms. The monoisotopic (exact) mass is 315 g/mol. The second kappa shape index (κ2) is 6.19. The Bertz CT molecular complexity index is 452. The van der Waals surface area contributed by atoms with E-state index in [1.807, 2.05) is 6.92 Å². The molecule has 2 fully saturated rings. The summed E-state index contributed by atoms with van der Waals surface area (Å²) in [5.41, 5.74) is 0.341. The van der Waals surface area contributed by atoms with Gasteiger partial charge in [0.05, 0.1) is 5.75 Å². The first-order chi connectivity index (χ1) is 9.66. The molecule has 1 N–H and O–H groups in total. The van der Waals surface area contributed by atoms with Gasteiger partial charge in [0.2, 0.25) is 0 Å². The van der Waals surface area contributed by atoms with Gasteiger partial charge in [-0.05, 0) is 70.1 Å². The number of hydrogen-bond donors (Lipinski definition) is 1. The van der Waals surface area contributed by atoms with Crippen molar-refractivity contribution in [2.75, 3.05) is 18.1 Å². The van der Waals surface area contributed by atoms with Gasteiger partial charge in [-0.3, -0.25) is 0 Å². The zero-order chi connectivity index (χ0) is 15.7. The van der Waals surface area contributed by atoms with E-state index in [2.05, 4.69) is 26.1 Å². The minimum Gasteiger partial charge on any atom is -0.312 e. The van der Waals surface area contributed by atoms with Crippen molar-refractivity contribution in [3.8, 4) is 0 Å². The van der Waals surface area contributed by atoms with Gasteiger partial charge in [0, 0.05) is 17.8 Å². The standard InChI is InChI=1S/C17H33NO2S/c1-5-9-21(19,20)10-8-17(13-18-16(2,3)4)12-14-6-7-15(17)11-14/h14-15,18H,5-13H2,1-4H3. The molecule has 2 saturated carbocycles. The average molecular weight is 316 g/mol. The van der Waals surface area contributed by atoms with Crippen LogP contribution in [0.5, 0.6) is 0 Å². The van der Waals surface area contributed by atoms with Crippen LogP contribution in [0.3, 0.4) is 0 Å². The fraction of sp³-hybridized carbons (Fsp3) is 1.00. The lowest BCUT2D eigenvalue weighted by atomic mass is 9.71. The highest BCUT2D eigenvalue weighted by Gasteiger charge is 2.50. The van der Waals surface area contributed by atoms with Crippen LogP contribution in [0, 0.1) is 17.3 Å². The summed E-state index contributed by atoms with van der Waals surface area (Å²) in [7, 11) is -2.86. The largest absolute Gasteiger partial charge is 0.312 e. The van der Waals surface area contributed by atoms with E-state index < -0.39 is 9.84 Å². The Balaban J connectivity index is 2.03. The van der Waals surface area contributed by atoms with E-state index in [4.69, 9.17) is 0 Å². The molecule has 2 aliphatic rings. The summed E-state index contributed by atoms with van der Waals surface area (Å²) in [5, 5.41) is 3.66. The van der Waals surface area contributed by atoms with Gasteiger partial charge in [-0.25, -0.2) is 8.42 Å². The quantitative estimate of drug-likeness (QED) is 0.783. The Kier molecular flexibility index (Phi) is 5.09. The first-order valence-electron chi connectivity index (χ1n) is 8.61. The maximum Gasteiger partial charge on any atom is 0.150 e. The van der Waals surface area contributed by atoms with Crippen LogP contribution >= 0.6 is 0 Å². The Morgan fingerprint density at radius 3 is 2.38 bits per heavy atom. The fourth-order valence-electron chi connectivity index (χ4n) is 4.38. The highest BCUT2D eigenvalue weighted by Crippen LogP contribution is 2.57. The van der Waals surface area contributed by atoms with Gasteiger partial charge in [-0.1, -0.05) is 13.3 Å². The molecule has 0 heterocycles. The maximum absolute atomic E-state index is 12.1. The second-order valence-corrected chi connectivity index (χ2v) is 10.8. The molecule has 2 aliphatic carbocycles. The van der Waals surface area contributed by atoms with Crippen molar-refractivity contribution in [1.82, 2.24) is 5.32 Å². The van der Waals surface area contributed by atoms with E-state index in [0.29, 0.717) is 11.5 Å². The molecule has 0 amide bonds. The summed E-state index contributed by atoms with van der Waals surface area (Å²) in [4.78, 5) is 0. The molecular formula is C17H33NO2S. The van der Waals surface area contributed by atoms with Crippen LogP contribution in [-0.4, -0.2) is 32.0 Å². The highest BCUT2D eigenvalue weighted by atomic mass is 32.2. The molecule has 3 unspecified atom stereocenters. The normalized spacial score (nSPS) is 32.8. The molecule has 2 bridgehead atoms. The Labute approximate surface area is 131 Å². The predicted octanol–water partition coefficient (Wildman–Crippen LogP) is 3.40. The smallest absolute Gasteiger partial charge is 0.150 e. The average Bonchev–Trinajstić information content (AvgIpc) is 2.94. The van der Waals surface area contributed by atoms with Gasteiger partial charge >= 0.3 is 0 Å². The topological polar surface area (TPSA) is 46.2 Å². The second-order valence-electron chi connectivity index (χ2n) is 8.45. The highest BCUT2D eigenvalue weighted by molar-refractivity contribution is 7.91.